The Bertz CT molecular complexity index is 666. The first-order valence-corrected chi connectivity index (χ1v) is 8.07. The molecule has 4 nitrogen and oxygen atoms in total. The van der Waals surface area contributed by atoms with Crippen LogP contribution in [0.15, 0.2) is 41.6 Å². The molecule has 1 N–H and O–H groups in total. The van der Waals surface area contributed by atoms with Crippen molar-refractivity contribution >= 4 is 10.0 Å². The first-order chi connectivity index (χ1) is 9.40. The first-order valence-electron chi connectivity index (χ1n) is 6.58. The van der Waals surface area contributed by atoms with Gasteiger partial charge in [0.05, 0.1) is 4.90 Å². The smallest absolute Gasteiger partial charge is 0.241 e. The van der Waals surface area contributed by atoms with Gasteiger partial charge in [-0.2, -0.15) is 0 Å². The number of rotatable bonds is 5. The lowest BCUT2D eigenvalue weighted by molar-refractivity contribution is 0.572. The molecular formula is C15H20N2O2S. The van der Waals surface area contributed by atoms with Gasteiger partial charge in [0.25, 0.3) is 0 Å². The average Bonchev–Trinajstić information content (AvgIpc) is 2.79. The Morgan fingerprint density at radius 2 is 1.60 bits per heavy atom. The number of aryl methyl sites for hydroxylation is 3. The van der Waals surface area contributed by atoms with Gasteiger partial charge in [-0.05, 0) is 44.0 Å². The predicted octanol–water partition coefficient (Wildman–Crippen LogP) is 2.39. The highest BCUT2D eigenvalue weighted by atomic mass is 32.2. The molecule has 0 aliphatic rings. The molecule has 1 aromatic heterocycles. The van der Waals surface area contributed by atoms with Gasteiger partial charge in [0.1, 0.15) is 0 Å². The van der Waals surface area contributed by atoms with Crippen LogP contribution in [0.5, 0.6) is 0 Å². The minimum atomic E-state index is -3.45. The van der Waals surface area contributed by atoms with E-state index in [1.807, 2.05) is 62.0 Å². The van der Waals surface area contributed by atoms with Crippen LogP contribution in [0.25, 0.3) is 0 Å². The van der Waals surface area contributed by atoms with Crippen molar-refractivity contribution in [3.63, 3.8) is 0 Å². The fraction of sp³-hybridized carbons (Fsp3) is 0.333. The molecule has 0 bridgehead atoms. The topological polar surface area (TPSA) is 51.1 Å². The third kappa shape index (κ3) is 3.29. The Kier molecular flexibility index (Phi) is 4.30. The Balaban J connectivity index is 2.14. The number of nitrogens with zero attached hydrogens (tertiary/aromatic N) is 1. The van der Waals surface area contributed by atoms with Crippen LogP contribution in [-0.4, -0.2) is 19.5 Å². The maximum absolute atomic E-state index is 12.4. The van der Waals surface area contributed by atoms with Crippen LogP contribution in [0.1, 0.15) is 16.7 Å². The molecular weight excluding hydrogens is 272 g/mol. The Labute approximate surface area is 120 Å². The lowest BCUT2D eigenvalue weighted by atomic mass is 10.1. The minimum Gasteiger partial charge on any atom is -0.353 e. The molecule has 0 saturated carbocycles. The fourth-order valence-corrected chi connectivity index (χ4v) is 3.96. The zero-order valence-corrected chi connectivity index (χ0v) is 12.9. The third-order valence-electron chi connectivity index (χ3n) is 3.20. The van der Waals surface area contributed by atoms with E-state index in [-0.39, 0.29) is 0 Å². The third-order valence-corrected chi connectivity index (χ3v) is 4.97. The molecule has 2 aromatic rings. The molecule has 0 radical (unpaired) electrons. The van der Waals surface area contributed by atoms with E-state index in [0.29, 0.717) is 18.0 Å². The highest BCUT2D eigenvalue weighted by Crippen LogP contribution is 2.21. The second-order valence-corrected chi connectivity index (χ2v) is 6.75. The maximum atomic E-state index is 12.4. The number of sulfonamides is 1. The maximum Gasteiger partial charge on any atom is 0.241 e. The van der Waals surface area contributed by atoms with Crippen molar-refractivity contribution < 1.29 is 8.42 Å². The highest BCUT2D eigenvalue weighted by molar-refractivity contribution is 7.89. The van der Waals surface area contributed by atoms with Gasteiger partial charge in [-0.1, -0.05) is 17.7 Å². The molecule has 0 atom stereocenters. The molecule has 0 unspecified atom stereocenters. The molecule has 2 rings (SSSR count). The SMILES string of the molecule is Cc1cc(C)c(S(=O)(=O)NCCn2cccc2)c(C)c1. The van der Waals surface area contributed by atoms with E-state index in [9.17, 15) is 8.42 Å². The summed E-state index contributed by atoms with van der Waals surface area (Å²) in [5.41, 5.74) is 2.65. The van der Waals surface area contributed by atoms with Crippen molar-refractivity contribution in [3.8, 4) is 0 Å². The predicted molar refractivity (Wildman–Crippen MR) is 80.3 cm³/mol. The largest absolute Gasteiger partial charge is 0.353 e. The summed E-state index contributed by atoms with van der Waals surface area (Å²) in [7, 11) is -3.45. The fourth-order valence-electron chi connectivity index (χ4n) is 2.49. The van der Waals surface area contributed by atoms with Crippen molar-refractivity contribution in [2.45, 2.75) is 32.2 Å². The van der Waals surface area contributed by atoms with Gasteiger partial charge >= 0.3 is 0 Å². The van der Waals surface area contributed by atoms with Gasteiger partial charge in [-0.25, -0.2) is 13.1 Å². The van der Waals surface area contributed by atoms with Crippen LogP contribution in [0.4, 0.5) is 0 Å². The zero-order chi connectivity index (χ0) is 14.8. The summed E-state index contributed by atoms with van der Waals surface area (Å²) < 4.78 is 29.4. The van der Waals surface area contributed by atoms with Crippen LogP contribution in [-0.2, 0) is 16.6 Å². The van der Waals surface area contributed by atoms with E-state index < -0.39 is 10.0 Å². The van der Waals surface area contributed by atoms with Gasteiger partial charge in [0.2, 0.25) is 10.0 Å². The molecule has 0 saturated heterocycles. The Morgan fingerprint density at radius 1 is 1.05 bits per heavy atom. The van der Waals surface area contributed by atoms with Crippen LogP contribution in [0, 0.1) is 20.8 Å². The first kappa shape index (κ1) is 14.8. The van der Waals surface area contributed by atoms with E-state index in [1.54, 1.807) is 0 Å². The standard InChI is InChI=1S/C15H20N2O2S/c1-12-10-13(2)15(14(3)11-12)20(18,19)16-6-9-17-7-4-5-8-17/h4-5,7-8,10-11,16H,6,9H2,1-3H3. The van der Waals surface area contributed by atoms with E-state index in [1.165, 1.54) is 0 Å². The van der Waals surface area contributed by atoms with Gasteiger partial charge < -0.3 is 4.57 Å². The van der Waals surface area contributed by atoms with Gasteiger partial charge in [0, 0.05) is 25.5 Å². The number of hydrogen-bond donors (Lipinski definition) is 1. The number of benzene rings is 1. The van der Waals surface area contributed by atoms with Crippen LogP contribution >= 0.6 is 0 Å². The van der Waals surface area contributed by atoms with E-state index in [4.69, 9.17) is 0 Å². The Morgan fingerprint density at radius 3 is 2.15 bits per heavy atom. The van der Waals surface area contributed by atoms with Gasteiger partial charge in [-0.15, -0.1) is 0 Å². The summed E-state index contributed by atoms with van der Waals surface area (Å²) in [6.45, 7) is 6.64. The van der Waals surface area contributed by atoms with Crippen molar-refractivity contribution in [2.75, 3.05) is 6.54 Å². The van der Waals surface area contributed by atoms with Gasteiger partial charge in [-0.3, -0.25) is 0 Å². The molecule has 5 heteroatoms. The van der Waals surface area contributed by atoms with Gasteiger partial charge in [0.15, 0.2) is 0 Å². The average molecular weight is 292 g/mol. The molecule has 0 fully saturated rings. The summed E-state index contributed by atoms with van der Waals surface area (Å²) in [5.74, 6) is 0. The summed E-state index contributed by atoms with van der Waals surface area (Å²) in [5, 5.41) is 0. The van der Waals surface area contributed by atoms with Crippen LogP contribution in [0.3, 0.4) is 0 Å². The molecule has 0 aliphatic carbocycles. The van der Waals surface area contributed by atoms with E-state index in [2.05, 4.69) is 4.72 Å². The number of aromatic nitrogens is 1. The molecule has 0 spiro atoms. The molecule has 0 amide bonds. The van der Waals surface area contributed by atoms with Crippen molar-refractivity contribution in [1.82, 2.24) is 9.29 Å². The molecule has 108 valence electrons. The number of nitrogens with one attached hydrogen (secondary N) is 1. The molecule has 1 aromatic carbocycles. The zero-order valence-electron chi connectivity index (χ0n) is 12.1. The van der Waals surface area contributed by atoms with Crippen molar-refractivity contribution in [3.05, 3.63) is 53.3 Å². The van der Waals surface area contributed by atoms with E-state index >= 15 is 0 Å². The minimum absolute atomic E-state index is 0.379. The summed E-state index contributed by atoms with van der Waals surface area (Å²) in [4.78, 5) is 0.399. The molecule has 1 heterocycles. The summed E-state index contributed by atoms with van der Waals surface area (Å²) in [6, 6.07) is 7.63. The van der Waals surface area contributed by atoms with Crippen molar-refractivity contribution in [1.29, 1.82) is 0 Å². The lowest BCUT2D eigenvalue weighted by Crippen LogP contribution is -2.28. The second kappa shape index (κ2) is 5.81. The second-order valence-electron chi connectivity index (χ2n) is 5.05. The van der Waals surface area contributed by atoms with Crippen molar-refractivity contribution in [2.24, 2.45) is 0 Å². The number of hydrogen-bond acceptors (Lipinski definition) is 2. The summed E-state index contributed by atoms with van der Waals surface area (Å²) >= 11 is 0. The van der Waals surface area contributed by atoms with E-state index in [0.717, 1.165) is 16.7 Å². The summed E-state index contributed by atoms with van der Waals surface area (Å²) in [6.07, 6.45) is 3.83. The molecule has 0 aliphatic heterocycles. The quantitative estimate of drug-likeness (QED) is 0.920. The highest BCUT2D eigenvalue weighted by Gasteiger charge is 2.19. The Hall–Kier alpha value is -1.59. The van der Waals surface area contributed by atoms with Crippen LogP contribution in [0.2, 0.25) is 0 Å². The monoisotopic (exact) mass is 292 g/mol. The molecule has 20 heavy (non-hydrogen) atoms. The normalized spacial score (nSPS) is 11.8. The van der Waals surface area contributed by atoms with Crippen LogP contribution < -0.4 is 4.72 Å². The lowest BCUT2D eigenvalue weighted by Gasteiger charge is -2.13.